The summed E-state index contributed by atoms with van der Waals surface area (Å²) >= 11 is 0. The first-order valence-electron chi connectivity index (χ1n) is 10.1. The molecule has 152 valence electrons. The number of fused-ring (bicyclic) bond motifs is 1. The smallest absolute Gasteiger partial charge is 0.276 e. The molecule has 1 saturated heterocycles. The van der Waals surface area contributed by atoms with Gasteiger partial charge in [-0.25, -0.2) is 9.67 Å². The third kappa shape index (κ3) is 3.95. The number of carbonyl (C=O) groups excluding carboxylic acids is 1. The number of nitrogens with zero attached hydrogens (tertiary/aromatic N) is 7. The Bertz CT molecular complexity index is 1110. The van der Waals surface area contributed by atoms with Crippen molar-refractivity contribution in [3.63, 3.8) is 0 Å². The fourth-order valence-electron chi connectivity index (χ4n) is 3.81. The largest absolute Gasteiger partial charge is 0.335 e. The Balaban J connectivity index is 1.17. The van der Waals surface area contributed by atoms with E-state index in [2.05, 4.69) is 26.4 Å². The molecule has 3 aromatic heterocycles. The number of pyridine rings is 1. The van der Waals surface area contributed by atoms with Crippen molar-refractivity contribution < 1.29 is 4.79 Å². The fraction of sp³-hybridized carbons (Fsp3) is 0.273. The SMILES string of the molecule is O=C(c1cn(Cc2ccccc2)nn1)N1CCN(Cc2cn3ccccc3n2)CC1. The molecule has 0 radical (unpaired) electrons. The summed E-state index contributed by atoms with van der Waals surface area (Å²) in [6.45, 7) is 4.38. The van der Waals surface area contributed by atoms with E-state index in [1.807, 2.05) is 64.0 Å². The number of hydrogen-bond donors (Lipinski definition) is 0. The van der Waals surface area contributed by atoms with Crippen molar-refractivity contribution in [3.8, 4) is 0 Å². The Morgan fingerprint density at radius 3 is 2.50 bits per heavy atom. The molecule has 0 saturated carbocycles. The normalized spacial score (nSPS) is 15.0. The van der Waals surface area contributed by atoms with Crippen LogP contribution in [-0.2, 0) is 13.1 Å². The summed E-state index contributed by atoms with van der Waals surface area (Å²) in [6, 6.07) is 16.0. The standard InChI is InChI=1S/C22H23N7O/c30-22(20-17-29(25-24-20)14-18-6-2-1-3-7-18)27-12-10-26(11-13-27)15-19-16-28-9-5-4-8-21(28)23-19/h1-9,16-17H,10-15H2. The lowest BCUT2D eigenvalue weighted by Gasteiger charge is -2.33. The highest BCUT2D eigenvalue weighted by Gasteiger charge is 2.24. The molecule has 5 rings (SSSR count). The van der Waals surface area contributed by atoms with Gasteiger partial charge in [-0.15, -0.1) is 5.10 Å². The van der Waals surface area contributed by atoms with Gasteiger partial charge in [-0.05, 0) is 17.7 Å². The van der Waals surface area contributed by atoms with Crippen LogP contribution < -0.4 is 0 Å². The lowest BCUT2D eigenvalue weighted by Crippen LogP contribution is -2.48. The van der Waals surface area contributed by atoms with Crippen LogP contribution in [0.15, 0.2) is 67.1 Å². The zero-order valence-electron chi connectivity index (χ0n) is 16.6. The predicted molar refractivity (Wildman–Crippen MR) is 112 cm³/mol. The molecule has 0 N–H and O–H groups in total. The minimum atomic E-state index is -0.0540. The first-order chi connectivity index (χ1) is 14.7. The lowest BCUT2D eigenvalue weighted by molar-refractivity contribution is 0.0621. The molecule has 0 spiro atoms. The number of imidazole rings is 1. The van der Waals surface area contributed by atoms with Crippen LogP contribution >= 0.6 is 0 Å². The second kappa shape index (κ2) is 8.08. The third-order valence-electron chi connectivity index (χ3n) is 5.40. The van der Waals surface area contributed by atoms with Crippen LogP contribution in [0.4, 0.5) is 0 Å². The summed E-state index contributed by atoms with van der Waals surface area (Å²) in [6.07, 6.45) is 5.81. The topological polar surface area (TPSA) is 71.6 Å². The number of hydrogen-bond acceptors (Lipinski definition) is 5. The van der Waals surface area contributed by atoms with Gasteiger partial charge in [0.05, 0.1) is 18.4 Å². The maximum Gasteiger partial charge on any atom is 0.276 e. The molecular weight excluding hydrogens is 378 g/mol. The van der Waals surface area contributed by atoms with E-state index in [9.17, 15) is 4.79 Å². The van der Waals surface area contributed by atoms with E-state index < -0.39 is 0 Å². The monoisotopic (exact) mass is 401 g/mol. The summed E-state index contributed by atoms with van der Waals surface area (Å²) in [4.78, 5) is 21.7. The molecule has 4 heterocycles. The van der Waals surface area contributed by atoms with Gasteiger partial charge in [0.1, 0.15) is 5.65 Å². The maximum atomic E-state index is 12.8. The van der Waals surface area contributed by atoms with Gasteiger partial charge < -0.3 is 9.30 Å². The van der Waals surface area contributed by atoms with Crippen molar-refractivity contribution in [2.45, 2.75) is 13.1 Å². The van der Waals surface area contributed by atoms with E-state index in [1.54, 1.807) is 10.9 Å². The van der Waals surface area contributed by atoms with Gasteiger partial charge in [-0.2, -0.15) is 0 Å². The van der Waals surface area contributed by atoms with E-state index in [0.29, 0.717) is 25.3 Å². The summed E-state index contributed by atoms with van der Waals surface area (Å²) in [7, 11) is 0. The van der Waals surface area contributed by atoms with E-state index in [0.717, 1.165) is 36.5 Å². The maximum absolute atomic E-state index is 12.8. The number of amides is 1. The van der Waals surface area contributed by atoms with Crippen LogP contribution in [0.2, 0.25) is 0 Å². The van der Waals surface area contributed by atoms with Gasteiger partial charge in [-0.1, -0.05) is 41.6 Å². The van der Waals surface area contributed by atoms with E-state index in [4.69, 9.17) is 0 Å². The Kier molecular flexibility index (Phi) is 4.98. The number of carbonyl (C=O) groups is 1. The fourth-order valence-corrected chi connectivity index (χ4v) is 3.81. The van der Waals surface area contributed by atoms with Crippen molar-refractivity contribution in [2.24, 2.45) is 0 Å². The van der Waals surface area contributed by atoms with Crippen molar-refractivity contribution in [2.75, 3.05) is 26.2 Å². The summed E-state index contributed by atoms with van der Waals surface area (Å²) < 4.78 is 3.75. The molecule has 4 aromatic rings. The van der Waals surface area contributed by atoms with E-state index >= 15 is 0 Å². The van der Waals surface area contributed by atoms with Crippen LogP contribution in [-0.4, -0.2) is 66.3 Å². The van der Waals surface area contributed by atoms with E-state index in [1.165, 1.54) is 0 Å². The van der Waals surface area contributed by atoms with E-state index in [-0.39, 0.29) is 5.91 Å². The molecule has 8 heteroatoms. The van der Waals surface area contributed by atoms with Crippen molar-refractivity contribution in [1.29, 1.82) is 0 Å². The highest BCUT2D eigenvalue weighted by atomic mass is 16.2. The van der Waals surface area contributed by atoms with Crippen LogP contribution in [0, 0.1) is 0 Å². The highest BCUT2D eigenvalue weighted by molar-refractivity contribution is 5.92. The van der Waals surface area contributed by atoms with Crippen molar-refractivity contribution >= 4 is 11.6 Å². The lowest BCUT2D eigenvalue weighted by atomic mass is 10.2. The Morgan fingerprint density at radius 2 is 1.70 bits per heavy atom. The highest BCUT2D eigenvalue weighted by Crippen LogP contribution is 2.12. The molecule has 1 amide bonds. The van der Waals surface area contributed by atoms with Crippen LogP contribution in [0.1, 0.15) is 21.7 Å². The Labute approximate surface area is 174 Å². The molecular formula is C22H23N7O. The third-order valence-corrected chi connectivity index (χ3v) is 5.40. The zero-order valence-corrected chi connectivity index (χ0v) is 16.6. The van der Waals surface area contributed by atoms with Gasteiger partial charge in [0.2, 0.25) is 0 Å². The first kappa shape index (κ1) is 18.5. The Morgan fingerprint density at radius 1 is 0.900 bits per heavy atom. The molecule has 0 bridgehead atoms. The van der Waals surface area contributed by atoms with Gasteiger partial charge in [0.15, 0.2) is 5.69 Å². The molecule has 0 atom stereocenters. The van der Waals surface area contributed by atoms with Crippen LogP contribution in [0.3, 0.4) is 0 Å². The number of piperazine rings is 1. The van der Waals surface area contributed by atoms with Gasteiger partial charge in [0.25, 0.3) is 5.91 Å². The second-order valence-corrected chi connectivity index (χ2v) is 7.55. The Hall–Kier alpha value is -3.52. The van der Waals surface area contributed by atoms with Gasteiger partial charge >= 0.3 is 0 Å². The zero-order chi connectivity index (χ0) is 20.3. The van der Waals surface area contributed by atoms with Crippen LogP contribution in [0.5, 0.6) is 0 Å². The predicted octanol–water partition coefficient (Wildman–Crippen LogP) is 1.93. The van der Waals surface area contributed by atoms with Gasteiger partial charge in [-0.3, -0.25) is 9.69 Å². The average Bonchev–Trinajstić information content (AvgIpc) is 3.41. The second-order valence-electron chi connectivity index (χ2n) is 7.55. The summed E-state index contributed by atoms with van der Waals surface area (Å²) in [5, 5.41) is 8.21. The number of benzene rings is 1. The molecule has 1 aliphatic rings. The first-order valence-corrected chi connectivity index (χ1v) is 10.1. The molecule has 30 heavy (non-hydrogen) atoms. The summed E-state index contributed by atoms with van der Waals surface area (Å²) in [5.41, 5.74) is 3.53. The molecule has 8 nitrogen and oxygen atoms in total. The van der Waals surface area contributed by atoms with Crippen molar-refractivity contribution in [3.05, 3.63) is 84.1 Å². The number of rotatable bonds is 5. The van der Waals surface area contributed by atoms with Crippen molar-refractivity contribution in [1.82, 2.24) is 34.2 Å². The quantitative estimate of drug-likeness (QED) is 0.511. The van der Waals surface area contributed by atoms with Gasteiger partial charge in [0, 0.05) is 45.1 Å². The summed E-state index contributed by atoms with van der Waals surface area (Å²) in [5.74, 6) is -0.0540. The molecule has 1 fully saturated rings. The molecule has 0 aliphatic carbocycles. The molecule has 0 unspecified atom stereocenters. The number of aromatic nitrogens is 5. The molecule has 1 aromatic carbocycles. The minimum absolute atomic E-state index is 0.0540. The minimum Gasteiger partial charge on any atom is -0.335 e. The molecule has 1 aliphatic heterocycles. The van der Waals surface area contributed by atoms with Crippen LogP contribution in [0.25, 0.3) is 5.65 Å². The average molecular weight is 401 g/mol.